The van der Waals surface area contributed by atoms with Crippen LogP contribution in [0.3, 0.4) is 0 Å². The zero-order valence-corrected chi connectivity index (χ0v) is 8.94. The molecule has 1 aromatic heterocycles. The minimum Gasteiger partial charge on any atom is -0.325 e. The van der Waals surface area contributed by atoms with E-state index < -0.39 is 0 Å². The lowest BCUT2D eigenvalue weighted by Crippen LogP contribution is -2.01. The summed E-state index contributed by atoms with van der Waals surface area (Å²) in [5, 5.41) is 0. The van der Waals surface area contributed by atoms with Gasteiger partial charge in [0.05, 0.1) is 5.69 Å². The lowest BCUT2D eigenvalue weighted by Gasteiger charge is -2.03. The summed E-state index contributed by atoms with van der Waals surface area (Å²) < 4.78 is 13.4. The van der Waals surface area contributed by atoms with Crippen LogP contribution in [0.5, 0.6) is 0 Å². The molecular formula is C12H12FN3. The predicted octanol–water partition coefficient (Wildman–Crippen LogP) is 2.05. The zero-order valence-electron chi connectivity index (χ0n) is 8.94. The third kappa shape index (κ3) is 2.06. The fourth-order valence-corrected chi connectivity index (χ4v) is 1.38. The molecular weight excluding hydrogens is 205 g/mol. The highest BCUT2D eigenvalue weighted by Crippen LogP contribution is 2.18. The van der Waals surface area contributed by atoms with Crippen molar-refractivity contribution >= 4 is 0 Å². The van der Waals surface area contributed by atoms with Gasteiger partial charge in [0.1, 0.15) is 5.82 Å². The second-order valence-corrected chi connectivity index (χ2v) is 3.54. The van der Waals surface area contributed by atoms with Gasteiger partial charge in [-0.3, -0.25) is 0 Å². The molecule has 0 saturated carbocycles. The Labute approximate surface area is 93.2 Å². The highest BCUT2D eigenvalue weighted by atomic mass is 19.1. The zero-order chi connectivity index (χ0) is 11.5. The fraction of sp³-hybridized carbons (Fsp3) is 0.167. The molecule has 1 heterocycles. The maximum atomic E-state index is 13.4. The number of benzene rings is 1. The van der Waals surface area contributed by atoms with Crippen LogP contribution in [0.15, 0.2) is 30.5 Å². The van der Waals surface area contributed by atoms with E-state index in [-0.39, 0.29) is 5.82 Å². The number of halogens is 1. The lowest BCUT2D eigenvalue weighted by molar-refractivity contribution is 0.619. The van der Waals surface area contributed by atoms with Crippen molar-refractivity contribution in [2.45, 2.75) is 13.5 Å². The summed E-state index contributed by atoms with van der Waals surface area (Å²) in [6, 6.07) is 6.69. The Hall–Kier alpha value is -1.81. The molecule has 0 aliphatic carbocycles. The van der Waals surface area contributed by atoms with Crippen LogP contribution in [-0.4, -0.2) is 9.97 Å². The first kappa shape index (κ1) is 10.7. The summed E-state index contributed by atoms with van der Waals surface area (Å²) in [5.41, 5.74) is 7.50. The van der Waals surface area contributed by atoms with Crippen molar-refractivity contribution in [2.24, 2.45) is 5.73 Å². The molecule has 16 heavy (non-hydrogen) atoms. The lowest BCUT2D eigenvalue weighted by atomic mass is 10.1. The third-order valence-electron chi connectivity index (χ3n) is 2.35. The Balaban J connectivity index is 2.46. The molecule has 0 fully saturated rings. The second kappa shape index (κ2) is 4.37. The van der Waals surface area contributed by atoms with Crippen LogP contribution in [0.1, 0.15) is 11.3 Å². The number of aromatic nitrogens is 2. The molecule has 0 atom stereocenters. The van der Waals surface area contributed by atoms with E-state index in [1.54, 1.807) is 31.3 Å². The third-order valence-corrected chi connectivity index (χ3v) is 2.35. The summed E-state index contributed by atoms with van der Waals surface area (Å²) in [6.45, 7) is 2.07. The van der Waals surface area contributed by atoms with E-state index >= 15 is 0 Å². The van der Waals surface area contributed by atoms with Gasteiger partial charge >= 0.3 is 0 Å². The molecule has 2 N–H and O–H groups in total. The average molecular weight is 217 g/mol. The van der Waals surface area contributed by atoms with Crippen LogP contribution < -0.4 is 5.73 Å². The molecule has 2 rings (SSSR count). The number of rotatable bonds is 2. The van der Waals surface area contributed by atoms with Crippen molar-refractivity contribution in [1.82, 2.24) is 9.97 Å². The molecule has 0 bridgehead atoms. The number of hydrogen-bond donors (Lipinski definition) is 1. The van der Waals surface area contributed by atoms with E-state index in [1.807, 2.05) is 0 Å². The van der Waals surface area contributed by atoms with Gasteiger partial charge in [-0.1, -0.05) is 12.1 Å². The molecule has 0 saturated heterocycles. The molecule has 0 unspecified atom stereocenters. The van der Waals surface area contributed by atoms with Gasteiger partial charge in [-0.05, 0) is 24.6 Å². The fourth-order valence-electron chi connectivity index (χ4n) is 1.38. The van der Waals surface area contributed by atoms with E-state index in [4.69, 9.17) is 5.73 Å². The summed E-state index contributed by atoms with van der Waals surface area (Å²) >= 11 is 0. The maximum absolute atomic E-state index is 13.4. The molecule has 82 valence electrons. The summed E-state index contributed by atoms with van der Waals surface area (Å²) in [6.07, 6.45) is 1.63. The van der Waals surface area contributed by atoms with Crippen LogP contribution in [0.4, 0.5) is 4.39 Å². The number of aryl methyl sites for hydroxylation is 1. The first-order valence-corrected chi connectivity index (χ1v) is 4.99. The Morgan fingerprint density at radius 3 is 2.81 bits per heavy atom. The van der Waals surface area contributed by atoms with Crippen LogP contribution in [0.25, 0.3) is 11.4 Å². The Kier molecular flexibility index (Phi) is 2.92. The minimum absolute atomic E-state index is 0.251. The molecule has 2 aromatic rings. The summed E-state index contributed by atoms with van der Waals surface area (Å²) in [5.74, 6) is 0.251. The van der Waals surface area contributed by atoms with Crippen molar-refractivity contribution in [3.05, 3.63) is 47.5 Å². The summed E-state index contributed by atoms with van der Waals surface area (Å²) in [4.78, 5) is 8.32. The van der Waals surface area contributed by atoms with Gasteiger partial charge in [-0.15, -0.1) is 0 Å². The average Bonchev–Trinajstić information content (AvgIpc) is 2.33. The van der Waals surface area contributed by atoms with E-state index in [1.165, 1.54) is 6.07 Å². The molecule has 0 spiro atoms. The number of hydrogen-bond acceptors (Lipinski definition) is 3. The molecule has 4 heteroatoms. The smallest absolute Gasteiger partial charge is 0.159 e. The van der Waals surface area contributed by atoms with Gasteiger partial charge in [-0.25, -0.2) is 14.4 Å². The van der Waals surface area contributed by atoms with Crippen LogP contribution in [0, 0.1) is 12.7 Å². The van der Waals surface area contributed by atoms with Crippen molar-refractivity contribution in [2.75, 3.05) is 0 Å². The van der Waals surface area contributed by atoms with Gasteiger partial charge < -0.3 is 5.73 Å². The van der Waals surface area contributed by atoms with Crippen LogP contribution >= 0.6 is 0 Å². The standard InChI is InChI=1S/C12H12FN3/c1-8-2-3-9(6-11(8)13)12-15-5-4-10(7-14)16-12/h2-6H,7,14H2,1H3. The molecule has 1 aromatic carbocycles. The molecule has 3 nitrogen and oxygen atoms in total. The topological polar surface area (TPSA) is 51.8 Å². The molecule has 0 radical (unpaired) electrons. The number of nitrogens with zero attached hydrogens (tertiary/aromatic N) is 2. The number of nitrogens with two attached hydrogens (primary N) is 1. The van der Waals surface area contributed by atoms with Crippen molar-refractivity contribution in [3.8, 4) is 11.4 Å². The Bertz CT molecular complexity index is 511. The quantitative estimate of drug-likeness (QED) is 0.837. The van der Waals surface area contributed by atoms with Crippen molar-refractivity contribution in [3.63, 3.8) is 0 Å². The van der Waals surface area contributed by atoms with E-state index in [0.29, 0.717) is 23.5 Å². The van der Waals surface area contributed by atoms with Gasteiger partial charge in [0, 0.05) is 18.3 Å². The first-order valence-electron chi connectivity index (χ1n) is 4.99. The van der Waals surface area contributed by atoms with Crippen LogP contribution in [0.2, 0.25) is 0 Å². The monoisotopic (exact) mass is 217 g/mol. The minimum atomic E-state index is -0.251. The van der Waals surface area contributed by atoms with E-state index in [0.717, 1.165) is 5.69 Å². The predicted molar refractivity (Wildman–Crippen MR) is 60.1 cm³/mol. The largest absolute Gasteiger partial charge is 0.325 e. The van der Waals surface area contributed by atoms with Crippen molar-refractivity contribution in [1.29, 1.82) is 0 Å². The van der Waals surface area contributed by atoms with Crippen molar-refractivity contribution < 1.29 is 4.39 Å². The van der Waals surface area contributed by atoms with Gasteiger partial charge in [-0.2, -0.15) is 0 Å². The highest BCUT2D eigenvalue weighted by molar-refractivity contribution is 5.55. The summed E-state index contributed by atoms with van der Waals surface area (Å²) in [7, 11) is 0. The highest BCUT2D eigenvalue weighted by Gasteiger charge is 2.05. The Morgan fingerprint density at radius 1 is 1.31 bits per heavy atom. The SMILES string of the molecule is Cc1ccc(-c2nccc(CN)n2)cc1F. The maximum Gasteiger partial charge on any atom is 0.159 e. The molecule has 0 aliphatic rings. The van der Waals surface area contributed by atoms with Crippen LogP contribution in [-0.2, 0) is 6.54 Å². The van der Waals surface area contributed by atoms with E-state index in [2.05, 4.69) is 9.97 Å². The van der Waals surface area contributed by atoms with Gasteiger partial charge in [0.25, 0.3) is 0 Å². The molecule has 0 aliphatic heterocycles. The molecule has 0 amide bonds. The van der Waals surface area contributed by atoms with Gasteiger partial charge in [0.15, 0.2) is 5.82 Å². The van der Waals surface area contributed by atoms with E-state index in [9.17, 15) is 4.39 Å². The van der Waals surface area contributed by atoms with Gasteiger partial charge in [0.2, 0.25) is 0 Å². The second-order valence-electron chi connectivity index (χ2n) is 3.54. The normalized spacial score (nSPS) is 10.4. The first-order chi connectivity index (χ1) is 7.70. The Morgan fingerprint density at radius 2 is 2.12 bits per heavy atom.